The number of phenols is 1. The second kappa shape index (κ2) is 4.25. The van der Waals surface area contributed by atoms with Gasteiger partial charge in [-0.2, -0.15) is 0 Å². The number of nitrogens with one attached hydrogen (secondary N) is 1. The molecule has 0 atom stereocenters. The third-order valence-corrected chi connectivity index (χ3v) is 2.54. The second-order valence-corrected chi connectivity index (χ2v) is 4.20. The molecule has 1 rings (SSSR count). The molecule has 4 heteroatoms. The Morgan fingerprint density at radius 2 is 2.08 bits per heavy atom. The number of halogens is 2. The first-order valence-corrected chi connectivity index (χ1v) is 5.05. The Hall–Kier alpha value is -0.0600. The molecule has 0 saturated carbocycles. The quantitative estimate of drug-likeness (QED) is 0.879. The first kappa shape index (κ1) is 10.0. The Balaban J connectivity index is 3.09. The van der Waals surface area contributed by atoms with E-state index in [0.717, 1.165) is 10.0 Å². The maximum atomic E-state index is 9.55. The molecular formula is C8H9Br2NO. The van der Waals surface area contributed by atoms with Crippen molar-refractivity contribution in [2.45, 2.75) is 6.54 Å². The fourth-order valence-electron chi connectivity index (χ4n) is 0.944. The Morgan fingerprint density at radius 3 is 2.67 bits per heavy atom. The van der Waals surface area contributed by atoms with Gasteiger partial charge >= 0.3 is 0 Å². The SMILES string of the molecule is CNCc1cc(Br)cc(Br)c1O. The summed E-state index contributed by atoms with van der Waals surface area (Å²) in [6.07, 6.45) is 0. The Bertz CT molecular complexity index is 289. The largest absolute Gasteiger partial charge is 0.506 e. The molecule has 0 aliphatic heterocycles. The van der Waals surface area contributed by atoms with Crippen LogP contribution in [0.15, 0.2) is 21.1 Å². The normalized spacial score (nSPS) is 10.2. The maximum absolute atomic E-state index is 9.55. The molecule has 12 heavy (non-hydrogen) atoms. The molecule has 0 bridgehead atoms. The highest BCUT2D eigenvalue weighted by molar-refractivity contribution is 9.11. The topological polar surface area (TPSA) is 32.3 Å². The van der Waals surface area contributed by atoms with E-state index in [1.165, 1.54) is 0 Å². The molecular weight excluding hydrogens is 286 g/mol. The van der Waals surface area contributed by atoms with Gasteiger partial charge in [-0.25, -0.2) is 0 Å². The molecule has 0 aromatic heterocycles. The van der Waals surface area contributed by atoms with Crippen molar-refractivity contribution in [1.29, 1.82) is 0 Å². The molecule has 0 fully saturated rings. The van der Waals surface area contributed by atoms with E-state index in [9.17, 15) is 5.11 Å². The van der Waals surface area contributed by atoms with Crippen molar-refractivity contribution in [1.82, 2.24) is 5.32 Å². The van der Waals surface area contributed by atoms with E-state index in [-0.39, 0.29) is 0 Å². The van der Waals surface area contributed by atoms with Crippen LogP contribution >= 0.6 is 31.9 Å². The van der Waals surface area contributed by atoms with Crippen LogP contribution in [0.5, 0.6) is 5.75 Å². The first-order valence-electron chi connectivity index (χ1n) is 3.46. The number of benzene rings is 1. The van der Waals surface area contributed by atoms with Crippen molar-refractivity contribution in [3.63, 3.8) is 0 Å². The molecule has 66 valence electrons. The molecule has 1 aromatic carbocycles. The molecule has 0 amide bonds. The van der Waals surface area contributed by atoms with Crippen LogP contribution in [0.4, 0.5) is 0 Å². The van der Waals surface area contributed by atoms with Gasteiger partial charge in [0.1, 0.15) is 5.75 Å². The van der Waals surface area contributed by atoms with Crippen molar-refractivity contribution < 1.29 is 5.11 Å². The lowest BCUT2D eigenvalue weighted by Crippen LogP contribution is -2.05. The average molecular weight is 295 g/mol. The van der Waals surface area contributed by atoms with E-state index < -0.39 is 0 Å². The maximum Gasteiger partial charge on any atom is 0.134 e. The molecule has 1 aromatic rings. The second-order valence-electron chi connectivity index (χ2n) is 2.43. The van der Waals surface area contributed by atoms with E-state index in [1.54, 1.807) is 0 Å². The summed E-state index contributed by atoms with van der Waals surface area (Å²) in [6.45, 7) is 0.657. The highest BCUT2D eigenvalue weighted by Crippen LogP contribution is 2.31. The van der Waals surface area contributed by atoms with Crippen molar-refractivity contribution >= 4 is 31.9 Å². The van der Waals surface area contributed by atoms with Gasteiger partial charge in [0.2, 0.25) is 0 Å². The molecule has 0 spiro atoms. The van der Waals surface area contributed by atoms with Crippen LogP contribution in [0.25, 0.3) is 0 Å². The fraction of sp³-hybridized carbons (Fsp3) is 0.250. The fourth-order valence-corrected chi connectivity index (χ4v) is 2.26. The van der Waals surface area contributed by atoms with Gasteiger partial charge in [0.25, 0.3) is 0 Å². The lowest BCUT2D eigenvalue weighted by atomic mass is 10.2. The zero-order chi connectivity index (χ0) is 9.14. The predicted octanol–water partition coefficient (Wildman–Crippen LogP) is 2.64. The van der Waals surface area contributed by atoms with Gasteiger partial charge in [-0.1, -0.05) is 15.9 Å². The smallest absolute Gasteiger partial charge is 0.134 e. The van der Waals surface area contributed by atoms with Gasteiger partial charge in [0, 0.05) is 16.6 Å². The summed E-state index contributed by atoms with van der Waals surface area (Å²) in [5.41, 5.74) is 0.874. The Labute approximate surface area is 88.2 Å². The lowest BCUT2D eigenvalue weighted by Gasteiger charge is -2.06. The van der Waals surface area contributed by atoms with Crippen molar-refractivity contribution in [2.75, 3.05) is 7.05 Å². The van der Waals surface area contributed by atoms with Crippen LogP contribution in [-0.4, -0.2) is 12.2 Å². The number of phenolic OH excluding ortho intramolecular Hbond substituents is 1. The summed E-state index contributed by atoms with van der Waals surface area (Å²) >= 11 is 6.61. The minimum absolute atomic E-state index is 0.299. The summed E-state index contributed by atoms with van der Waals surface area (Å²) in [5, 5.41) is 12.5. The van der Waals surface area contributed by atoms with Gasteiger partial charge in [0.15, 0.2) is 0 Å². The highest BCUT2D eigenvalue weighted by atomic mass is 79.9. The predicted molar refractivity (Wildman–Crippen MR) is 56.3 cm³/mol. The van der Waals surface area contributed by atoms with Crippen LogP contribution < -0.4 is 5.32 Å². The van der Waals surface area contributed by atoms with Gasteiger partial charge < -0.3 is 10.4 Å². The molecule has 0 unspecified atom stereocenters. The van der Waals surface area contributed by atoms with Gasteiger partial charge in [-0.05, 0) is 35.1 Å². The molecule has 0 heterocycles. The van der Waals surface area contributed by atoms with Crippen LogP contribution in [0, 0.1) is 0 Å². The zero-order valence-corrected chi connectivity index (χ0v) is 9.74. The standard InChI is InChI=1S/C8H9Br2NO/c1-11-4-5-2-6(9)3-7(10)8(5)12/h2-3,11-12H,4H2,1H3. The third-order valence-electron chi connectivity index (χ3n) is 1.47. The van der Waals surface area contributed by atoms with Crippen LogP contribution in [0.1, 0.15) is 5.56 Å². The average Bonchev–Trinajstić information content (AvgIpc) is 2.00. The first-order chi connectivity index (χ1) is 5.65. The number of hydrogen-bond donors (Lipinski definition) is 2. The Morgan fingerprint density at radius 1 is 1.42 bits per heavy atom. The Kier molecular flexibility index (Phi) is 3.55. The summed E-state index contributed by atoms with van der Waals surface area (Å²) in [6, 6.07) is 3.70. The molecule has 2 N–H and O–H groups in total. The van der Waals surface area contributed by atoms with E-state index in [1.807, 2.05) is 19.2 Å². The minimum Gasteiger partial charge on any atom is -0.506 e. The number of hydrogen-bond acceptors (Lipinski definition) is 2. The minimum atomic E-state index is 0.299. The molecule has 2 nitrogen and oxygen atoms in total. The van der Waals surface area contributed by atoms with E-state index in [4.69, 9.17) is 0 Å². The van der Waals surface area contributed by atoms with E-state index in [0.29, 0.717) is 16.8 Å². The van der Waals surface area contributed by atoms with E-state index >= 15 is 0 Å². The van der Waals surface area contributed by atoms with Crippen molar-refractivity contribution in [3.8, 4) is 5.75 Å². The van der Waals surface area contributed by atoms with Gasteiger partial charge in [-0.15, -0.1) is 0 Å². The third kappa shape index (κ3) is 2.21. The van der Waals surface area contributed by atoms with E-state index in [2.05, 4.69) is 37.2 Å². The van der Waals surface area contributed by atoms with Crippen molar-refractivity contribution in [2.24, 2.45) is 0 Å². The summed E-state index contributed by atoms with van der Waals surface area (Å²) in [7, 11) is 1.84. The molecule has 0 aliphatic carbocycles. The van der Waals surface area contributed by atoms with Gasteiger partial charge in [0.05, 0.1) is 4.47 Å². The number of rotatable bonds is 2. The van der Waals surface area contributed by atoms with Crippen LogP contribution in [-0.2, 0) is 6.54 Å². The van der Waals surface area contributed by atoms with Crippen molar-refractivity contribution in [3.05, 3.63) is 26.6 Å². The monoisotopic (exact) mass is 293 g/mol. The van der Waals surface area contributed by atoms with Crippen LogP contribution in [0.3, 0.4) is 0 Å². The molecule has 0 aliphatic rings. The zero-order valence-electron chi connectivity index (χ0n) is 6.56. The highest BCUT2D eigenvalue weighted by Gasteiger charge is 2.05. The summed E-state index contributed by atoms with van der Waals surface area (Å²) in [4.78, 5) is 0. The molecule has 0 saturated heterocycles. The summed E-state index contributed by atoms with van der Waals surface area (Å²) < 4.78 is 1.67. The molecule has 0 radical (unpaired) electrons. The summed E-state index contributed by atoms with van der Waals surface area (Å²) in [5.74, 6) is 0.299. The van der Waals surface area contributed by atoms with Gasteiger partial charge in [-0.3, -0.25) is 0 Å². The van der Waals surface area contributed by atoms with Crippen LogP contribution in [0.2, 0.25) is 0 Å². The number of aromatic hydroxyl groups is 1. The lowest BCUT2D eigenvalue weighted by molar-refractivity contribution is 0.462.